The highest BCUT2D eigenvalue weighted by molar-refractivity contribution is 5.64. The second-order valence-corrected chi connectivity index (χ2v) is 3.73. The third-order valence-corrected chi connectivity index (χ3v) is 2.55. The molecule has 0 aliphatic carbocycles. The second-order valence-electron chi connectivity index (χ2n) is 3.73. The number of hydrogen-bond acceptors (Lipinski definition) is 2. The summed E-state index contributed by atoms with van der Waals surface area (Å²) in [7, 11) is 0. The van der Waals surface area contributed by atoms with Gasteiger partial charge in [-0.1, -0.05) is 12.1 Å². The lowest BCUT2D eigenvalue weighted by atomic mass is 9.98. The molecule has 14 heavy (non-hydrogen) atoms. The van der Waals surface area contributed by atoms with Crippen LogP contribution in [0.25, 0.3) is 0 Å². The Morgan fingerprint density at radius 3 is 2.29 bits per heavy atom. The Hall–Kier alpha value is -1.31. The van der Waals surface area contributed by atoms with E-state index in [2.05, 4.69) is 19.1 Å². The van der Waals surface area contributed by atoms with Gasteiger partial charge in [0.2, 0.25) is 0 Å². The van der Waals surface area contributed by atoms with Crippen LogP contribution in [-0.4, -0.2) is 5.97 Å². The van der Waals surface area contributed by atoms with Crippen LogP contribution < -0.4 is 5.11 Å². The van der Waals surface area contributed by atoms with E-state index in [-0.39, 0.29) is 6.42 Å². The molecule has 76 valence electrons. The van der Waals surface area contributed by atoms with Gasteiger partial charge in [-0.2, -0.15) is 0 Å². The van der Waals surface area contributed by atoms with Crippen molar-refractivity contribution in [3.05, 3.63) is 34.4 Å². The van der Waals surface area contributed by atoms with Crippen molar-refractivity contribution in [2.75, 3.05) is 0 Å². The molecule has 0 N–H and O–H groups in total. The van der Waals surface area contributed by atoms with Crippen LogP contribution in [0.5, 0.6) is 0 Å². The number of carboxylic acids is 1. The Bertz CT molecular complexity index is 354. The lowest BCUT2D eigenvalue weighted by Crippen LogP contribution is -2.22. The average molecular weight is 191 g/mol. The summed E-state index contributed by atoms with van der Waals surface area (Å²) in [6.07, 6.45) is 0.665. The van der Waals surface area contributed by atoms with Gasteiger partial charge in [0.05, 0.1) is 0 Å². The summed E-state index contributed by atoms with van der Waals surface area (Å²) < 4.78 is 0. The quantitative estimate of drug-likeness (QED) is 0.722. The van der Waals surface area contributed by atoms with Crippen molar-refractivity contribution in [3.63, 3.8) is 0 Å². The minimum Gasteiger partial charge on any atom is -0.550 e. The van der Waals surface area contributed by atoms with Crippen LogP contribution in [0.4, 0.5) is 0 Å². The smallest absolute Gasteiger partial charge is 0.0417 e. The molecule has 2 nitrogen and oxygen atoms in total. The fourth-order valence-electron chi connectivity index (χ4n) is 1.53. The van der Waals surface area contributed by atoms with Crippen LogP contribution in [0.2, 0.25) is 0 Å². The predicted octanol–water partition coefficient (Wildman–Crippen LogP) is 1.29. The molecular formula is C12H15O2-. The molecule has 0 fully saturated rings. The fraction of sp³-hybridized carbons (Fsp3) is 0.417. The number of aliphatic carboxylic acids is 1. The number of hydrogen-bond donors (Lipinski definition) is 0. The van der Waals surface area contributed by atoms with Crippen molar-refractivity contribution in [2.45, 2.75) is 33.6 Å². The van der Waals surface area contributed by atoms with Gasteiger partial charge in [-0.05, 0) is 55.9 Å². The van der Waals surface area contributed by atoms with Gasteiger partial charge in [-0.15, -0.1) is 0 Å². The zero-order chi connectivity index (χ0) is 10.7. The van der Waals surface area contributed by atoms with Crippen molar-refractivity contribution in [3.8, 4) is 0 Å². The first-order chi connectivity index (χ1) is 6.50. The van der Waals surface area contributed by atoms with Gasteiger partial charge in [0.25, 0.3) is 0 Å². The topological polar surface area (TPSA) is 40.1 Å². The first kappa shape index (κ1) is 10.8. The highest BCUT2D eigenvalue weighted by atomic mass is 16.4. The van der Waals surface area contributed by atoms with Gasteiger partial charge in [-0.3, -0.25) is 0 Å². The van der Waals surface area contributed by atoms with Crippen LogP contribution in [-0.2, 0) is 11.2 Å². The fourth-order valence-corrected chi connectivity index (χ4v) is 1.53. The molecule has 0 aromatic heterocycles. The number of aryl methyl sites for hydroxylation is 4. The van der Waals surface area contributed by atoms with Gasteiger partial charge in [-0.25, -0.2) is 0 Å². The standard InChI is InChI=1S/C12H16O2/c1-8-6-10(3)11(7-9(8)2)4-5-12(13)14/h6-7H,4-5H2,1-3H3,(H,13,14)/p-1. The highest BCUT2D eigenvalue weighted by Crippen LogP contribution is 2.16. The van der Waals surface area contributed by atoms with Crippen molar-refractivity contribution in [1.82, 2.24) is 0 Å². The number of carbonyl (C=O) groups excluding carboxylic acids is 1. The summed E-state index contributed by atoms with van der Waals surface area (Å²) >= 11 is 0. The first-order valence-electron chi connectivity index (χ1n) is 4.77. The van der Waals surface area contributed by atoms with Gasteiger partial charge in [0.1, 0.15) is 0 Å². The van der Waals surface area contributed by atoms with Crippen LogP contribution in [0.15, 0.2) is 12.1 Å². The molecule has 2 heteroatoms. The minimum absolute atomic E-state index is 0.101. The maximum atomic E-state index is 10.3. The van der Waals surface area contributed by atoms with Crippen molar-refractivity contribution in [2.24, 2.45) is 0 Å². The second kappa shape index (κ2) is 4.27. The van der Waals surface area contributed by atoms with Crippen LogP contribution >= 0.6 is 0 Å². The molecular weight excluding hydrogens is 176 g/mol. The molecule has 0 aliphatic rings. The Morgan fingerprint density at radius 1 is 1.14 bits per heavy atom. The lowest BCUT2D eigenvalue weighted by Gasteiger charge is -2.09. The van der Waals surface area contributed by atoms with Gasteiger partial charge >= 0.3 is 0 Å². The molecule has 1 aromatic carbocycles. The SMILES string of the molecule is Cc1cc(C)c(CCC(=O)[O-])cc1C. The molecule has 0 radical (unpaired) electrons. The third-order valence-electron chi connectivity index (χ3n) is 2.55. The predicted molar refractivity (Wildman–Crippen MR) is 54.0 cm³/mol. The van der Waals surface area contributed by atoms with Gasteiger partial charge in [0.15, 0.2) is 0 Å². The summed E-state index contributed by atoms with van der Waals surface area (Å²) in [5, 5.41) is 10.3. The van der Waals surface area contributed by atoms with Crippen LogP contribution in [0.1, 0.15) is 28.7 Å². The number of benzene rings is 1. The zero-order valence-electron chi connectivity index (χ0n) is 8.89. The van der Waals surface area contributed by atoms with Crippen molar-refractivity contribution >= 4 is 5.97 Å². The Morgan fingerprint density at radius 2 is 1.71 bits per heavy atom. The maximum Gasteiger partial charge on any atom is 0.0417 e. The summed E-state index contributed by atoms with van der Waals surface area (Å²) in [6.45, 7) is 6.11. The maximum absolute atomic E-state index is 10.3. The average Bonchev–Trinajstić information content (AvgIpc) is 2.09. The summed E-state index contributed by atoms with van der Waals surface area (Å²) in [4.78, 5) is 10.3. The zero-order valence-corrected chi connectivity index (χ0v) is 8.89. The molecule has 0 saturated carbocycles. The van der Waals surface area contributed by atoms with E-state index in [0.29, 0.717) is 6.42 Å². The molecule has 0 saturated heterocycles. The largest absolute Gasteiger partial charge is 0.550 e. The van der Waals surface area contributed by atoms with E-state index in [9.17, 15) is 9.90 Å². The molecule has 0 heterocycles. The first-order valence-corrected chi connectivity index (χ1v) is 4.77. The van der Waals surface area contributed by atoms with E-state index in [1.54, 1.807) is 0 Å². The van der Waals surface area contributed by atoms with E-state index >= 15 is 0 Å². The third kappa shape index (κ3) is 2.59. The van der Waals surface area contributed by atoms with Crippen LogP contribution in [0.3, 0.4) is 0 Å². The normalized spacial score (nSPS) is 10.2. The highest BCUT2D eigenvalue weighted by Gasteiger charge is 2.01. The summed E-state index contributed by atoms with van der Waals surface area (Å²) in [5.41, 5.74) is 4.73. The number of carbonyl (C=O) groups is 1. The van der Waals surface area contributed by atoms with E-state index in [0.717, 1.165) is 11.1 Å². The van der Waals surface area contributed by atoms with Gasteiger partial charge < -0.3 is 9.90 Å². The molecule has 0 unspecified atom stereocenters. The van der Waals surface area contributed by atoms with E-state index in [1.165, 1.54) is 11.1 Å². The Balaban J connectivity index is 2.87. The summed E-state index contributed by atoms with van der Waals surface area (Å²) in [5.74, 6) is -0.984. The van der Waals surface area contributed by atoms with Crippen molar-refractivity contribution in [1.29, 1.82) is 0 Å². The Kier molecular flexibility index (Phi) is 3.28. The van der Waals surface area contributed by atoms with Crippen molar-refractivity contribution < 1.29 is 9.90 Å². The number of rotatable bonds is 3. The minimum atomic E-state index is -0.984. The molecule has 1 aromatic rings. The molecule has 0 atom stereocenters. The molecule has 1 rings (SSSR count). The molecule has 0 aliphatic heterocycles. The van der Waals surface area contributed by atoms with Crippen LogP contribution in [0, 0.1) is 20.8 Å². The van der Waals surface area contributed by atoms with E-state index in [4.69, 9.17) is 0 Å². The Labute approximate surface area is 84.6 Å². The monoisotopic (exact) mass is 191 g/mol. The summed E-state index contributed by atoms with van der Waals surface area (Å²) in [6, 6.07) is 4.16. The van der Waals surface area contributed by atoms with E-state index < -0.39 is 5.97 Å². The van der Waals surface area contributed by atoms with Gasteiger partial charge in [0, 0.05) is 5.97 Å². The molecule has 0 amide bonds. The molecule has 0 spiro atoms. The van der Waals surface area contributed by atoms with E-state index in [1.807, 2.05) is 13.8 Å². The molecule has 0 bridgehead atoms. The number of carboxylic acid groups (broad SMARTS) is 1. The lowest BCUT2D eigenvalue weighted by molar-refractivity contribution is -0.305.